The standard InChI is InChI=1S/C23H14BrClO4/c24-16-5-1-14(2-6-16)20-12-29-22-11-18(9-10-19(22)23(20)27)28-13-21(26)15-3-7-17(25)8-4-15/h1-12H,13H2. The molecule has 4 nitrogen and oxygen atoms in total. The van der Waals surface area contributed by atoms with Crippen LogP contribution in [0.15, 0.2) is 86.7 Å². The molecule has 1 aromatic heterocycles. The zero-order valence-corrected chi connectivity index (χ0v) is 17.4. The van der Waals surface area contributed by atoms with Crippen LogP contribution in [-0.2, 0) is 0 Å². The molecule has 0 atom stereocenters. The lowest BCUT2D eigenvalue weighted by Crippen LogP contribution is -2.11. The van der Waals surface area contributed by atoms with Crippen molar-refractivity contribution in [2.75, 3.05) is 6.61 Å². The van der Waals surface area contributed by atoms with Gasteiger partial charge in [0.15, 0.2) is 17.8 Å². The molecule has 0 bridgehead atoms. The fraction of sp³-hybridized carbons (Fsp3) is 0.0435. The lowest BCUT2D eigenvalue weighted by molar-refractivity contribution is 0.0921. The minimum Gasteiger partial charge on any atom is -0.485 e. The lowest BCUT2D eigenvalue weighted by Gasteiger charge is -2.07. The van der Waals surface area contributed by atoms with Gasteiger partial charge in [-0.25, -0.2) is 0 Å². The van der Waals surface area contributed by atoms with Gasteiger partial charge in [0.05, 0.1) is 10.9 Å². The van der Waals surface area contributed by atoms with E-state index >= 15 is 0 Å². The van der Waals surface area contributed by atoms with Crippen molar-refractivity contribution < 1.29 is 13.9 Å². The molecule has 0 fully saturated rings. The van der Waals surface area contributed by atoms with E-state index < -0.39 is 0 Å². The maximum atomic E-state index is 12.8. The van der Waals surface area contributed by atoms with E-state index in [-0.39, 0.29) is 17.8 Å². The van der Waals surface area contributed by atoms with Gasteiger partial charge in [-0.15, -0.1) is 0 Å². The van der Waals surface area contributed by atoms with E-state index in [1.807, 2.05) is 24.3 Å². The van der Waals surface area contributed by atoms with Gasteiger partial charge in [-0.05, 0) is 54.1 Å². The molecular formula is C23H14BrClO4. The van der Waals surface area contributed by atoms with E-state index in [0.29, 0.717) is 32.9 Å². The molecule has 0 aliphatic carbocycles. The Labute approximate surface area is 179 Å². The van der Waals surface area contributed by atoms with Crippen LogP contribution in [0, 0.1) is 0 Å². The molecule has 0 amide bonds. The molecule has 0 saturated carbocycles. The molecule has 0 radical (unpaired) electrons. The summed E-state index contributed by atoms with van der Waals surface area (Å²) in [6.45, 7) is -0.131. The second-order valence-corrected chi connectivity index (χ2v) is 7.71. The van der Waals surface area contributed by atoms with Gasteiger partial charge >= 0.3 is 0 Å². The number of hydrogen-bond donors (Lipinski definition) is 0. The molecule has 0 unspecified atom stereocenters. The van der Waals surface area contributed by atoms with E-state index in [4.69, 9.17) is 20.8 Å². The van der Waals surface area contributed by atoms with Gasteiger partial charge < -0.3 is 9.15 Å². The summed E-state index contributed by atoms with van der Waals surface area (Å²) in [6, 6.07) is 19.0. The van der Waals surface area contributed by atoms with Gasteiger partial charge in [0.2, 0.25) is 0 Å². The highest BCUT2D eigenvalue weighted by molar-refractivity contribution is 9.10. The summed E-state index contributed by atoms with van der Waals surface area (Å²) in [5.41, 5.74) is 2.04. The Hall–Kier alpha value is -2.89. The van der Waals surface area contributed by atoms with Gasteiger partial charge in [-0.3, -0.25) is 9.59 Å². The van der Waals surface area contributed by atoms with Crippen molar-refractivity contribution in [2.24, 2.45) is 0 Å². The topological polar surface area (TPSA) is 56.5 Å². The number of rotatable bonds is 5. The maximum Gasteiger partial charge on any atom is 0.200 e. The van der Waals surface area contributed by atoms with E-state index in [1.165, 1.54) is 6.26 Å². The number of halogens is 2. The number of hydrogen-bond acceptors (Lipinski definition) is 4. The average molecular weight is 470 g/mol. The Kier molecular flexibility index (Phi) is 5.51. The van der Waals surface area contributed by atoms with Crippen LogP contribution in [0.25, 0.3) is 22.1 Å². The first kappa shape index (κ1) is 19.4. The molecule has 3 aromatic carbocycles. The zero-order valence-electron chi connectivity index (χ0n) is 15.0. The molecule has 4 rings (SSSR count). The molecule has 144 valence electrons. The second kappa shape index (κ2) is 8.23. The molecule has 4 aromatic rings. The van der Waals surface area contributed by atoms with Crippen LogP contribution in [0.5, 0.6) is 5.75 Å². The fourth-order valence-corrected chi connectivity index (χ4v) is 3.29. The smallest absolute Gasteiger partial charge is 0.200 e. The van der Waals surface area contributed by atoms with Crippen molar-refractivity contribution in [2.45, 2.75) is 0 Å². The number of Topliss-reactive ketones (excluding diaryl/α,β-unsaturated/α-hetero) is 1. The molecule has 1 heterocycles. The monoisotopic (exact) mass is 468 g/mol. The van der Waals surface area contributed by atoms with Gasteiger partial charge in [0.25, 0.3) is 0 Å². The first-order valence-corrected chi connectivity index (χ1v) is 9.91. The summed E-state index contributed by atoms with van der Waals surface area (Å²) in [6.07, 6.45) is 1.44. The third-order valence-electron chi connectivity index (χ3n) is 4.44. The number of fused-ring (bicyclic) bond motifs is 1. The van der Waals surface area contributed by atoms with Crippen LogP contribution in [0.3, 0.4) is 0 Å². The van der Waals surface area contributed by atoms with Gasteiger partial charge in [0.1, 0.15) is 17.6 Å². The number of carbonyl (C=O) groups is 1. The molecule has 0 aliphatic rings. The van der Waals surface area contributed by atoms with E-state index in [0.717, 1.165) is 10.0 Å². The second-order valence-electron chi connectivity index (χ2n) is 6.36. The Bertz CT molecular complexity index is 1240. The van der Waals surface area contributed by atoms with Crippen molar-refractivity contribution >= 4 is 44.3 Å². The van der Waals surface area contributed by atoms with Crippen molar-refractivity contribution in [1.82, 2.24) is 0 Å². The highest BCUT2D eigenvalue weighted by Crippen LogP contribution is 2.24. The number of benzene rings is 3. The number of ether oxygens (including phenoxy) is 1. The van der Waals surface area contributed by atoms with Crippen LogP contribution >= 0.6 is 27.5 Å². The third kappa shape index (κ3) is 4.26. The van der Waals surface area contributed by atoms with Crippen LogP contribution in [0.4, 0.5) is 0 Å². The van der Waals surface area contributed by atoms with E-state index in [9.17, 15) is 9.59 Å². The summed E-state index contributed by atoms with van der Waals surface area (Å²) in [5.74, 6) is 0.271. The lowest BCUT2D eigenvalue weighted by atomic mass is 10.1. The minimum atomic E-state index is -0.172. The van der Waals surface area contributed by atoms with Gasteiger partial charge in [-0.2, -0.15) is 0 Å². The highest BCUT2D eigenvalue weighted by Gasteiger charge is 2.11. The normalized spacial score (nSPS) is 10.8. The Morgan fingerprint density at radius 3 is 2.45 bits per heavy atom. The SMILES string of the molecule is O=C(COc1ccc2c(=O)c(-c3ccc(Br)cc3)coc2c1)c1ccc(Cl)cc1. The predicted molar refractivity (Wildman–Crippen MR) is 117 cm³/mol. The highest BCUT2D eigenvalue weighted by atomic mass is 79.9. The molecular weight excluding hydrogens is 456 g/mol. The predicted octanol–water partition coefficient (Wildman–Crippen LogP) is 6.14. The van der Waals surface area contributed by atoms with Crippen LogP contribution in [-0.4, -0.2) is 12.4 Å². The minimum absolute atomic E-state index is 0.127. The van der Waals surface area contributed by atoms with Crippen LogP contribution in [0.1, 0.15) is 10.4 Å². The Morgan fingerprint density at radius 1 is 1.00 bits per heavy atom. The van der Waals surface area contributed by atoms with Crippen LogP contribution in [0.2, 0.25) is 5.02 Å². The van der Waals surface area contributed by atoms with Crippen LogP contribution < -0.4 is 10.2 Å². The average Bonchev–Trinajstić information content (AvgIpc) is 2.73. The third-order valence-corrected chi connectivity index (χ3v) is 5.22. The van der Waals surface area contributed by atoms with E-state index in [1.54, 1.807) is 42.5 Å². The Morgan fingerprint density at radius 2 is 1.72 bits per heavy atom. The first-order valence-electron chi connectivity index (χ1n) is 8.74. The largest absolute Gasteiger partial charge is 0.485 e. The van der Waals surface area contributed by atoms with Crippen molar-refractivity contribution in [3.8, 4) is 16.9 Å². The summed E-state index contributed by atoms with van der Waals surface area (Å²) < 4.78 is 12.2. The van der Waals surface area contributed by atoms with Gasteiger partial charge in [-0.1, -0.05) is 39.7 Å². The molecule has 0 spiro atoms. The molecule has 0 aliphatic heterocycles. The maximum absolute atomic E-state index is 12.8. The molecule has 0 N–H and O–H groups in total. The number of ketones is 1. The molecule has 0 saturated heterocycles. The fourth-order valence-electron chi connectivity index (χ4n) is 2.90. The van der Waals surface area contributed by atoms with E-state index in [2.05, 4.69) is 15.9 Å². The zero-order chi connectivity index (χ0) is 20.4. The quantitative estimate of drug-likeness (QED) is 0.330. The molecule has 29 heavy (non-hydrogen) atoms. The summed E-state index contributed by atoms with van der Waals surface area (Å²) >= 11 is 9.22. The van der Waals surface area contributed by atoms with Crippen molar-refractivity contribution in [1.29, 1.82) is 0 Å². The Balaban J connectivity index is 1.56. The summed E-state index contributed by atoms with van der Waals surface area (Å²) in [5, 5.41) is 1.01. The van der Waals surface area contributed by atoms with Crippen molar-refractivity contribution in [3.63, 3.8) is 0 Å². The summed E-state index contributed by atoms with van der Waals surface area (Å²) in [4.78, 5) is 25.1. The van der Waals surface area contributed by atoms with Gasteiger partial charge in [0, 0.05) is 21.1 Å². The number of carbonyl (C=O) groups excluding carboxylic acids is 1. The van der Waals surface area contributed by atoms with Crippen molar-refractivity contribution in [3.05, 3.63) is 98.3 Å². The first-order chi connectivity index (χ1) is 14.0. The molecule has 6 heteroatoms. The summed E-state index contributed by atoms with van der Waals surface area (Å²) in [7, 11) is 0.